The van der Waals surface area contributed by atoms with Gasteiger partial charge in [0.1, 0.15) is 5.58 Å². The predicted octanol–water partition coefficient (Wildman–Crippen LogP) is 4.29. The Balaban J connectivity index is 1.71. The van der Waals surface area contributed by atoms with Gasteiger partial charge in [-0.2, -0.15) is 0 Å². The summed E-state index contributed by atoms with van der Waals surface area (Å²) in [4.78, 5) is 26.1. The lowest BCUT2D eigenvalue weighted by Gasteiger charge is -2.21. The van der Waals surface area contributed by atoms with Crippen LogP contribution >= 0.6 is 11.6 Å². The molecule has 0 bridgehead atoms. The predicted molar refractivity (Wildman–Crippen MR) is 96.0 cm³/mol. The number of hydrogen-bond acceptors (Lipinski definition) is 4. The molecule has 3 rings (SSSR count). The van der Waals surface area contributed by atoms with Crippen LogP contribution in [-0.4, -0.2) is 25.0 Å². The summed E-state index contributed by atoms with van der Waals surface area (Å²) in [7, 11) is 1.63. The summed E-state index contributed by atoms with van der Waals surface area (Å²) in [5, 5.41) is 1.24. The Morgan fingerprint density at radius 1 is 1.12 bits per heavy atom. The fraction of sp³-hybridized carbons (Fsp3) is 0.158. The minimum atomic E-state index is -0.950. The van der Waals surface area contributed by atoms with Crippen LogP contribution in [0.5, 0.6) is 0 Å². The normalized spacial score (nSPS) is 12.0. The van der Waals surface area contributed by atoms with Gasteiger partial charge in [-0.1, -0.05) is 29.8 Å². The zero-order chi connectivity index (χ0) is 18.0. The Morgan fingerprint density at radius 2 is 1.84 bits per heavy atom. The summed E-state index contributed by atoms with van der Waals surface area (Å²) in [6.45, 7) is 1.53. The van der Waals surface area contributed by atoms with E-state index in [1.54, 1.807) is 43.4 Å². The first-order valence-electron chi connectivity index (χ1n) is 7.68. The van der Waals surface area contributed by atoms with Crippen LogP contribution in [-0.2, 0) is 9.53 Å². The van der Waals surface area contributed by atoms with Gasteiger partial charge >= 0.3 is 5.97 Å². The molecular weight excluding hydrogens is 342 g/mol. The lowest BCUT2D eigenvalue weighted by atomic mass is 10.2. The largest absolute Gasteiger partial charge is 0.449 e. The van der Waals surface area contributed by atoms with Crippen LogP contribution in [0.1, 0.15) is 17.5 Å². The van der Waals surface area contributed by atoms with Gasteiger partial charge < -0.3 is 14.1 Å². The summed E-state index contributed by atoms with van der Waals surface area (Å²) in [5.74, 6) is -1.01. The van der Waals surface area contributed by atoms with Crippen LogP contribution in [0, 0.1) is 0 Å². The number of likely N-dealkylation sites (N-methyl/N-ethyl adjacent to an activating group) is 1. The van der Waals surface area contributed by atoms with Gasteiger partial charge in [0, 0.05) is 23.1 Å². The number of nitrogens with zero attached hydrogens (tertiary/aromatic N) is 1. The SMILES string of the molecule is C[C@H](OC(=O)c1cc2cc(Cl)ccc2o1)C(=O)N(C)c1ccccc1. The Kier molecular flexibility index (Phi) is 4.76. The van der Waals surface area contributed by atoms with E-state index >= 15 is 0 Å². The maximum atomic E-state index is 12.4. The third kappa shape index (κ3) is 3.67. The van der Waals surface area contributed by atoms with Gasteiger partial charge in [0.25, 0.3) is 5.91 Å². The van der Waals surface area contributed by atoms with E-state index in [4.69, 9.17) is 20.8 Å². The molecule has 25 heavy (non-hydrogen) atoms. The van der Waals surface area contributed by atoms with Crippen molar-refractivity contribution in [1.82, 2.24) is 0 Å². The Labute approximate surface area is 149 Å². The molecule has 1 atom stereocenters. The second-order valence-corrected chi connectivity index (χ2v) is 6.01. The van der Waals surface area contributed by atoms with E-state index in [-0.39, 0.29) is 11.7 Å². The molecule has 0 aliphatic rings. The zero-order valence-corrected chi connectivity index (χ0v) is 14.5. The number of esters is 1. The molecule has 2 aromatic carbocycles. The molecule has 1 amide bonds. The Bertz CT molecular complexity index is 920. The van der Waals surface area contributed by atoms with Crippen molar-refractivity contribution < 1.29 is 18.7 Å². The number of hydrogen-bond donors (Lipinski definition) is 0. The van der Waals surface area contributed by atoms with Crippen molar-refractivity contribution in [2.24, 2.45) is 0 Å². The van der Waals surface area contributed by atoms with E-state index in [0.717, 1.165) is 0 Å². The third-order valence-electron chi connectivity index (χ3n) is 3.79. The lowest BCUT2D eigenvalue weighted by Crippen LogP contribution is -2.37. The number of carbonyl (C=O) groups excluding carboxylic acids is 2. The molecule has 1 aromatic heterocycles. The zero-order valence-electron chi connectivity index (χ0n) is 13.7. The first-order chi connectivity index (χ1) is 12.0. The monoisotopic (exact) mass is 357 g/mol. The second kappa shape index (κ2) is 6.99. The highest BCUT2D eigenvalue weighted by atomic mass is 35.5. The van der Waals surface area contributed by atoms with Gasteiger partial charge in [-0.05, 0) is 43.3 Å². The Morgan fingerprint density at radius 3 is 2.56 bits per heavy atom. The number of rotatable bonds is 4. The maximum absolute atomic E-state index is 12.4. The summed E-state index contributed by atoms with van der Waals surface area (Å²) in [5.41, 5.74) is 1.24. The molecule has 0 N–H and O–H groups in total. The van der Waals surface area contributed by atoms with E-state index in [1.165, 1.54) is 11.8 Å². The molecule has 128 valence electrons. The molecular formula is C19H16ClNO4. The average Bonchev–Trinajstić information content (AvgIpc) is 3.04. The number of furan rings is 1. The van der Waals surface area contributed by atoms with E-state index in [0.29, 0.717) is 21.7 Å². The summed E-state index contributed by atoms with van der Waals surface area (Å²) < 4.78 is 10.7. The molecule has 0 unspecified atom stereocenters. The van der Waals surface area contributed by atoms with Gasteiger partial charge in [0.2, 0.25) is 5.76 Å². The number of benzene rings is 2. The summed E-state index contributed by atoms with van der Waals surface area (Å²) in [6, 6.07) is 15.7. The highest BCUT2D eigenvalue weighted by Crippen LogP contribution is 2.24. The minimum absolute atomic E-state index is 0.0271. The molecule has 3 aromatic rings. The molecule has 0 saturated carbocycles. The lowest BCUT2D eigenvalue weighted by molar-refractivity contribution is -0.126. The molecule has 1 heterocycles. The Hall–Kier alpha value is -2.79. The number of anilines is 1. The van der Waals surface area contributed by atoms with E-state index in [9.17, 15) is 9.59 Å². The maximum Gasteiger partial charge on any atom is 0.375 e. The molecule has 0 fully saturated rings. The van der Waals surface area contributed by atoms with E-state index in [1.807, 2.05) is 18.2 Å². The number of amides is 1. The van der Waals surface area contributed by atoms with Crippen LogP contribution < -0.4 is 4.90 Å². The summed E-state index contributed by atoms with van der Waals surface area (Å²) >= 11 is 5.92. The molecule has 6 heteroatoms. The van der Waals surface area contributed by atoms with Crippen LogP contribution in [0.2, 0.25) is 5.02 Å². The molecule has 0 aliphatic heterocycles. The molecule has 0 saturated heterocycles. The highest BCUT2D eigenvalue weighted by Gasteiger charge is 2.24. The van der Waals surface area contributed by atoms with Crippen molar-refractivity contribution in [2.45, 2.75) is 13.0 Å². The van der Waals surface area contributed by atoms with Crippen molar-refractivity contribution >= 4 is 40.1 Å². The van der Waals surface area contributed by atoms with Crippen LogP contribution in [0.25, 0.3) is 11.0 Å². The number of carbonyl (C=O) groups is 2. The van der Waals surface area contributed by atoms with Crippen molar-refractivity contribution in [1.29, 1.82) is 0 Å². The van der Waals surface area contributed by atoms with Gasteiger partial charge in [-0.15, -0.1) is 0 Å². The quantitative estimate of drug-likeness (QED) is 0.653. The van der Waals surface area contributed by atoms with Crippen LogP contribution in [0.3, 0.4) is 0 Å². The van der Waals surface area contributed by atoms with Gasteiger partial charge in [0.15, 0.2) is 6.10 Å². The van der Waals surface area contributed by atoms with Crippen molar-refractivity contribution in [3.8, 4) is 0 Å². The molecule has 0 aliphatic carbocycles. The number of halogens is 1. The van der Waals surface area contributed by atoms with Crippen molar-refractivity contribution in [2.75, 3.05) is 11.9 Å². The second-order valence-electron chi connectivity index (χ2n) is 5.57. The van der Waals surface area contributed by atoms with Gasteiger partial charge in [-0.25, -0.2) is 4.79 Å². The van der Waals surface area contributed by atoms with Crippen molar-refractivity contribution in [3.05, 3.63) is 65.4 Å². The van der Waals surface area contributed by atoms with E-state index < -0.39 is 12.1 Å². The first-order valence-corrected chi connectivity index (χ1v) is 8.06. The molecule has 0 spiro atoms. The number of para-hydroxylation sites is 1. The van der Waals surface area contributed by atoms with Crippen molar-refractivity contribution in [3.63, 3.8) is 0 Å². The fourth-order valence-electron chi connectivity index (χ4n) is 2.44. The fourth-order valence-corrected chi connectivity index (χ4v) is 2.62. The third-order valence-corrected chi connectivity index (χ3v) is 4.02. The first kappa shape index (κ1) is 17.0. The molecule has 0 radical (unpaired) electrons. The molecule has 5 nitrogen and oxygen atoms in total. The summed E-state index contributed by atoms with van der Waals surface area (Å²) in [6.07, 6.45) is -0.950. The highest BCUT2D eigenvalue weighted by molar-refractivity contribution is 6.31. The van der Waals surface area contributed by atoms with E-state index in [2.05, 4.69) is 0 Å². The number of ether oxygens (including phenoxy) is 1. The number of fused-ring (bicyclic) bond motifs is 1. The van der Waals surface area contributed by atoms with Gasteiger partial charge in [-0.3, -0.25) is 4.79 Å². The van der Waals surface area contributed by atoms with Gasteiger partial charge in [0.05, 0.1) is 0 Å². The van der Waals surface area contributed by atoms with Crippen LogP contribution in [0.15, 0.2) is 59.0 Å². The topological polar surface area (TPSA) is 59.8 Å². The van der Waals surface area contributed by atoms with Crippen LogP contribution in [0.4, 0.5) is 5.69 Å². The average molecular weight is 358 g/mol. The minimum Gasteiger partial charge on any atom is -0.449 e. The smallest absolute Gasteiger partial charge is 0.375 e. The standard InChI is InChI=1S/C19H16ClNO4/c1-12(18(22)21(2)15-6-4-3-5-7-15)24-19(23)17-11-13-10-14(20)8-9-16(13)25-17/h3-12H,1-2H3/t12-/m0/s1.